The number of nitrogens with one attached hydrogen (secondary N) is 1. The molecule has 0 fully saturated rings. The van der Waals surface area contributed by atoms with E-state index < -0.39 is 0 Å². The van der Waals surface area contributed by atoms with Crippen molar-refractivity contribution in [1.82, 2.24) is 10.3 Å². The van der Waals surface area contributed by atoms with Gasteiger partial charge in [-0.3, -0.25) is 4.79 Å². The van der Waals surface area contributed by atoms with E-state index in [4.69, 9.17) is 16.3 Å². The third-order valence-corrected chi connectivity index (χ3v) is 3.48. The lowest BCUT2D eigenvalue weighted by Crippen LogP contribution is -2.36. The molecular formula is C12H17ClN2O2S. The highest BCUT2D eigenvalue weighted by Gasteiger charge is 2.16. The maximum atomic E-state index is 11.5. The number of halogens is 1. The van der Waals surface area contributed by atoms with Crippen molar-refractivity contribution in [2.24, 2.45) is 0 Å². The predicted molar refractivity (Wildman–Crippen MR) is 74.1 cm³/mol. The smallest absolute Gasteiger partial charge is 0.323 e. The average Bonchev–Trinajstić information content (AvgIpc) is 2.37. The van der Waals surface area contributed by atoms with Crippen LogP contribution in [0.15, 0.2) is 23.4 Å². The number of nitrogens with zero attached hydrogens (tertiary/aromatic N) is 1. The zero-order valence-electron chi connectivity index (χ0n) is 10.5. The van der Waals surface area contributed by atoms with Gasteiger partial charge in [0, 0.05) is 11.9 Å². The van der Waals surface area contributed by atoms with Crippen LogP contribution in [0.5, 0.6) is 0 Å². The quantitative estimate of drug-likeness (QED) is 0.617. The molecule has 100 valence electrons. The van der Waals surface area contributed by atoms with Crippen molar-refractivity contribution in [3.63, 3.8) is 0 Å². The Morgan fingerprint density at radius 2 is 2.39 bits per heavy atom. The van der Waals surface area contributed by atoms with Gasteiger partial charge in [0.05, 0.1) is 16.7 Å². The normalized spacial score (nSPS) is 12.2. The number of aromatic nitrogens is 1. The lowest BCUT2D eigenvalue weighted by molar-refractivity contribution is -0.145. The van der Waals surface area contributed by atoms with Crippen molar-refractivity contribution in [1.29, 1.82) is 0 Å². The van der Waals surface area contributed by atoms with Crippen molar-refractivity contribution in [3.8, 4) is 0 Å². The topological polar surface area (TPSA) is 51.2 Å². The third-order valence-electron chi connectivity index (χ3n) is 2.28. The first-order valence-corrected chi connectivity index (χ1v) is 7.12. The number of hydrogen-bond donors (Lipinski definition) is 1. The number of carbonyl (C=O) groups excluding carboxylic acids is 1. The summed E-state index contributed by atoms with van der Waals surface area (Å²) in [5.41, 5.74) is 0. The number of ether oxygens (including phenoxy) is 1. The van der Waals surface area contributed by atoms with Gasteiger partial charge in [0.2, 0.25) is 0 Å². The van der Waals surface area contributed by atoms with E-state index in [1.165, 1.54) is 0 Å². The molecule has 0 aliphatic heterocycles. The van der Waals surface area contributed by atoms with Crippen LogP contribution in [-0.4, -0.2) is 36.4 Å². The Bertz CT molecular complexity index is 373. The Labute approximate surface area is 116 Å². The van der Waals surface area contributed by atoms with Gasteiger partial charge in [-0.05, 0) is 32.5 Å². The van der Waals surface area contributed by atoms with Gasteiger partial charge in [-0.25, -0.2) is 4.98 Å². The van der Waals surface area contributed by atoms with Gasteiger partial charge < -0.3 is 10.1 Å². The van der Waals surface area contributed by atoms with Crippen molar-refractivity contribution >= 4 is 29.3 Å². The number of likely N-dealkylation sites (N-methyl/N-ethyl adjacent to an activating group) is 1. The first-order chi connectivity index (χ1) is 8.67. The molecule has 0 radical (unpaired) electrons. The number of esters is 1. The van der Waals surface area contributed by atoms with E-state index in [-0.39, 0.29) is 12.0 Å². The summed E-state index contributed by atoms with van der Waals surface area (Å²) in [5, 5.41) is 4.48. The molecule has 4 nitrogen and oxygen atoms in total. The van der Waals surface area contributed by atoms with E-state index in [1.807, 2.05) is 6.07 Å². The van der Waals surface area contributed by atoms with Crippen LogP contribution in [0.3, 0.4) is 0 Å². The Morgan fingerprint density at radius 3 is 2.94 bits per heavy atom. The first-order valence-electron chi connectivity index (χ1n) is 5.75. The molecule has 1 heterocycles. The lowest BCUT2D eigenvalue weighted by Gasteiger charge is -2.13. The highest BCUT2D eigenvalue weighted by Crippen LogP contribution is 2.18. The fraction of sp³-hybridized carbons (Fsp3) is 0.500. The van der Waals surface area contributed by atoms with E-state index in [1.54, 1.807) is 38.0 Å². The van der Waals surface area contributed by atoms with Gasteiger partial charge in [-0.15, -0.1) is 11.8 Å². The van der Waals surface area contributed by atoms with Crippen LogP contribution in [0.1, 0.15) is 13.3 Å². The van der Waals surface area contributed by atoms with Crippen LogP contribution in [0.25, 0.3) is 0 Å². The molecule has 1 aromatic rings. The highest BCUT2D eigenvalue weighted by atomic mass is 35.5. The molecule has 0 amide bonds. The van der Waals surface area contributed by atoms with E-state index in [0.717, 1.165) is 10.8 Å². The Morgan fingerprint density at radius 1 is 1.61 bits per heavy atom. The van der Waals surface area contributed by atoms with Crippen LogP contribution in [0.4, 0.5) is 0 Å². The number of rotatable bonds is 7. The molecule has 0 saturated carbocycles. The first kappa shape index (κ1) is 15.3. The predicted octanol–water partition coefficient (Wildman–Crippen LogP) is 2.37. The third kappa shape index (κ3) is 5.25. The Balaban J connectivity index is 2.35. The van der Waals surface area contributed by atoms with Gasteiger partial charge in [-0.1, -0.05) is 11.6 Å². The fourth-order valence-electron chi connectivity index (χ4n) is 1.35. The zero-order chi connectivity index (χ0) is 13.4. The van der Waals surface area contributed by atoms with Gasteiger partial charge in [0.25, 0.3) is 0 Å². The molecule has 6 heteroatoms. The summed E-state index contributed by atoms with van der Waals surface area (Å²) < 4.78 is 4.97. The van der Waals surface area contributed by atoms with Crippen LogP contribution < -0.4 is 5.32 Å². The molecule has 0 saturated heterocycles. The minimum Gasteiger partial charge on any atom is -0.465 e. The molecule has 0 aliphatic carbocycles. The lowest BCUT2D eigenvalue weighted by atomic mass is 10.2. The largest absolute Gasteiger partial charge is 0.465 e. The van der Waals surface area contributed by atoms with Gasteiger partial charge in [-0.2, -0.15) is 0 Å². The summed E-state index contributed by atoms with van der Waals surface area (Å²) in [6.07, 6.45) is 2.31. The van der Waals surface area contributed by atoms with E-state index in [0.29, 0.717) is 18.1 Å². The van der Waals surface area contributed by atoms with Crippen molar-refractivity contribution in [2.75, 3.05) is 19.4 Å². The second-order valence-electron chi connectivity index (χ2n) is 3.55. The summed E-state index contributed by atoms with van der Waals surface area (Å²) in [7, 11) is 1.76. The maximum absolute atomic E-state index is 11.5. The Hall–Kier alpha value is -0.780. The standard InChI is InChI=1S/C12H17ClN2O2S/c1-3-17-12(16)10(14-2)6-7-18-11-5-4-9(13)8-15-11/h4-5,8,10,14H,3,6-7H2,1-2H3. The molecule has 1 atom stereocenters. The summed E-state index contributed by atoms with van der Waals surface area (Å²) in [4.78, 5) is 15.7. The zero-order valence-corrected chi connectivity index (χ0v) is 12.1. The summed E-state index contributed by atoms with van der Waals surface area (Å²) in [6.45, 7) is 2.21. The Kier molecular flexibility index (Phi) is 7.08. The second-order valence-corrected chi connectivity index (χ2v) is 5.10. The number of thioether (sulfide) groups is 1. The monoisotopic (exact) mass is 288 g/mol. The van der Waals surface area contributed by atoms with Crippen LogP contribution in [0.2, 0.25) is 5.02 Å². The molecular weight excluding hydrogens is 272 g/mol. The molecule has 0 spiro atoms. The van der Waals surface area contributed by atoms with Gasteiger partial charge in [0.1, 0.15) is 6.04 Å². The molecule has 1 N–H and O–H groups in total. The average molecular weight is 289 g/mol. The number of pyridine rings is 1. The molecule has 1 rings (SSSR count). The number of hydrogen-bond acceptors (Lipinski definition) is 5. The van der Waals surface area contributed by atoms with Crippen molar-refractivity contribution in [2.45, 2.75) is 24.4 Å². The fourth-order valence-corrected chi connectivity index (χ4v) is 2.32. The van der Waals surface area contributed by atoms with E-state index in [9.17, 15) is 4.79 Å². The highest BCUT2D eigenvalue weighted by molar-refractivity contribution is 7.99. The summed E-state index contributed by atoms with van der Waals surface area (Å²) in [6, 6.07) is 3.41. The molecule has 1 aromatic heterocycles. The van der Waals surface area contributed by atoms with E-state index >= 15 is 0 Å². The summed E-state index contributed by atoms with van der Waals surface area (Å²) in [5.74, 6) is 0.587. The second kappa shape index (κ2) is 8.34. The molecule has 0 aromatic carbocycles. The minimum absolute atomic E-state index is 0.204. The van der Waals surface area contributed by atoms with Crippen LogP contribution in [-0.2, 0) is 9.53 Å². The van der Waals surface area contributed by atoms with Gasteiger partial charge >= 0.3 is 5.97 Å². The minimum atomic E-state index is -0.259. The van der Waals surface area contributed by atoms with Crippen molar-refractivity contribution < 1.29 is 9.53 Å². The van der Waals surface area contributed by atoms with Crippen LogP contribution >= 0.6 is 23.4 Å². The molecule has 0 bridgehead atoms. The van der Waals surface area contributed by atoms with E-state index in [2.05, 4.69) is 10.3 Å². The SMILES string of the molecule is CCOC(=O)C(CCSc1ccc(Cl)cn1)NC. The van der Waals surface area contributed by atoms with Crippen molar-refractivity contribution in [3.05, 3.63) is 23.4 Å². The molecule has 1 unspecified atom stereocenters. The maximum Gasteiger partial charge on any atom is 0.323 e. The van der Waals surface area contributed by atoms with Gasteiger partial charge in [0.15, 0.2) is 0 Å². The number of carbonyl (C=O) groups is 1. The van der Waals surface area contributed by atoms with Crippen LogP contribution in [0, 0.1) is 0 Å². The molecule has 18 heavy (non-hydrogen) atoms. The summed E-state index contributed by atoms with van der Waals surface area (Å²) >= 11 is 7.34. The molecule has 0 aliphatic rings.